The van der Waals surface area contributed by atoms with Crippen molar-refractivity contribution < 1.29 is 4.79 Å². The van der Waals surface area contributed by atoms with Crippen molar-refractivity contribution in [2.45, 2.75) is 51.9 Å². The lowest BCUT2D eigenvalue weighted by Gasteiger charge is -2.32. The first kappa shape index (κ1) is 22.3. The summed E-state index contributed by atoms with van der Waals surface area (Å²) in [6, 6.07) is 8.81. The lowest BCUT2D eigenvalue weighted by molar-refractivity contribution is -0.118. The summed E-state index contributed by atoms with van der Waals surface area (Å²) in [5, 5.41) is 1.27. The van der Waals surface area contributed by atoms with E-state index in [1.54, 1.807) is 4.57 Å². The second-order valence-electron chi connectivity index (χ2n) is 9.53. The summed E-state index contributed by atoms with van der Waals surface area (Å²) in [5.41, 5.74) is 12.1. The van der Waals surface area contributed by atoms with Gasteiger partial charge in [-0.2, -0.15) is 0 Å². The van der Waals surface area contributed by atoms with Crippen LogP contribution in [0.2, 0.25) is 0 Å². The highest BCUT2D eigenvalue weighted by molar-refractivity contribution is 5.92. The van der Waals surface area contributed by atoms with Crippen LogP contribution in [-0.2, 0) is 11.8 Å². The Balaban J connectivity index is 1.66. The van der Waals surface area contributed by atoms with Crippen molar-refractivity contribution in [2.24, 2.45) is 12.8 Å². The highest BCUT2D eigenvalue weighted by Gasteiger charge is 2.23. The van der Waals surface area contributed by atoms with Gasteiger partial charge in [-0.05, 0) is 74.0 Å². The molecule has 3 N–H and O–H groups in total. The Morgan fingerprint density at radius 1 is 1.22 bits per heavy atom. The van der Waals surface area contributed by atoms with E-state index in [4.69, 9.17) is 5.73 Å². The topological polar surface area (TPSA) is 84.1 Å². The van der Waals surface area contributed by atoms with Crippen molar-refractivity contribution in [2.75, 3.05) is 19.6 Å². The smallest absolute Gasteiger partial charge is 0.253 e. The number of amides is 1. The number of carbonyl (C=O) groups excluding carboxylic acids is 1. The van der Waals surface area contributed by atoms with Crippen LogP contribution in [0.5, 0.6) is 0 Å². The molecular formula is C26H34N4O2. The van der Waals surface area contributed by atoms with Crippen LogP contribution in [0.15, 0.2) is 35.3 Å². The van der Waals surface area contributed by atoms with Crippen LogP contribution in [0.25, 0.3) is 22.2 Å². The number of hydrogen-bond acceptors (Lipinski definition) is 3. The molecule has 32 heavy (non-hydrogen) atoms. The standard InChI is InChI=1S/C26H34N4O2/c1-16(2)24-21-14-19(18-7-10-30(11-8-18)12-9-23(27)31)5-6-22(21)28-25(24)20-13-17(3)26(32)29(4)15-20/h5-6,13-16,18,28H,7-12H2,1-4H3,(H2,27,31). The molecule has 1 amide bonds. The SMILES string of the molecule is Cc1cc(-c2[nH]c3ccc(C4CCN(CCC(N)=O)CC4)cc3c2C(C)C)cn(C)c1=O. The number of piperidine rings is 1. The lowest BCUT2D eigenvalue weighted by atomic mass is 9.87. The molecule has 170 valence electrons. The number of likely N-dealkylation sites (tertiary alicyclic amines) is 1. The van der Waals surface area contributed by atoms with Gasteiger partial charge in [0.25, 0.3) is 5.56 Å². The molecule has 0 saturated carbocycles. The number of fused-ring (bicyclic) bond motifs is 1. The van der Waals surface area contributed by atoms with E-state index in [0.717, 1.165) is 54.8 Å². The number of aromatic amines is 1. The van der Waals surface area contributed by atoms with E-state index >= 15 is 0 Å². The number of nitrogens with zero attached hydrogens (tertiary/aromatic N) is 2. The van der Waals surface area contributed by atoms with Crippen LogP contribution in [0, 0.1) is 6.92 Å². The summed E-state index contributed by atoms with van der Waals surface area (Å²) in [4.78, 5) is 29.2. The fourth-order valence-electron chi connectivity index (χ4n) is 5.08. The first-order valence-electron chi connectivity index (χ1n) is 11.6. The minimum Gasteiger partial charge on any atom is -0.370 e. The number of carbonyl (C=O) groups is 1. The Labute approximate surface area is 189 Å². The van der Waals surface area contributed by atoms with Crippen LogP contribution >= 0.6 is 0 Å². The number of primary amides is 1. The van der Waals surface area contributed by atoms with Crippen LogP contribution in [0.4, 0.5) is 0 Å². The molecule has 4 rings (SSSR count). The zero-order chi connectivity index (χ0) is 23.0. The molecule has 0 radical (unpaired) electrons. The van der Waals surface area contributed by atoms with Crippen molar-refractivity contribution >= 4 is 16.8 Å². The van der Waals surface area contributed by atoms with Crippen molar-refractivity contribution in [3.8, 4) is 11.3 Å². The van der Waals surface area contributed by atoms with Crippen molar-refractivity contribution in [3.05, 3.63) is 57.5 Å². The number of nitrogens with two attached hydrogens (primary N) is 1. The summed E-state index contributed by atoms with van der Waals surface area (Å²) in [6.07, 6.45) is 4.55. The molecule has 0 spiro atoms. The van der Waals surface area contributed by atoms with Gasteiger partial charge in [0.05, 0.1) is 5.69 Å². The molecule has 1 aliphatic rings. The summed E-state index contributed by atoms with van der Waals surface area (Å²) < 4.78 is 1.66. The van der Waals surface area contributed by atoms with Crippen LogP contribution in [-0.4, -0.2) is 40.0 Å². The molecule has 1 fully saturated rings. The number of nitrogens with one attached hydrogen (secondary N) is 1. The maximum Gasteiger partial charge on any atom is 0.253 e. The third-order valence-electron chi connectivity index (χ3n) is 6.82. The first-order chi connectivity index (χ1) is 15.2. The van der Waals surface area contributed by atoms with Gasteiger partial charge in [0.1, 0.15) is 0 Å². The quantitative estimate of drug-likeness (QED) is 0.615. The maximum atomic E-state index is 12.2. The Morgan fingerprint density at radius 3 is 2.56 bits per heavy atom. The van der Waals surface area contributed by atoms with E-state index < -0.39 is 0 Å². The molecule has 1 aliphatic heterocycles. The van der Waals surface area contributed by atoms with Crippen LogP contribution < -0.4 is 11.3 Å². The van der Waals surface area contributed by atoms with Crippen molar-refractivity contribution in [1.29, 1.82) is 0 Å². The average Bonchev–Trinajstić information content (AvgIpc) is 3.15. The molecule has 0 aliphatic carbocycles. The Bertz CT molecular complexity index is 1170. The van der Waals surface area contributed by atoms with E-state index in [0.29, 0.717) is 18.3 Å². The molecule has 6 heteroatoms. The summed E-state index contributed by atoms with van der Waals surface area (Å²) in [7, 11) is 1.81. The predicted octanol–water partition coefficient (Wildman–Crippen LogP) is 4.02. The molecule has 0 unspecified atom stereocenters. The highest BCUT2D eigenvalue weighted by atomic mass is 16.1. The third kappa shape index (κ3) is 4.37. The number of H-pyrrole nitrogens is 1. The van der Waals surface area contributed by atoms with Crippen molar-refractivity contribution in [3.63, 3.8) is 0 Å². The van der Waals surface area contributed by atoms with Gasteiger partial charge in [0.2, 0.25) is 5.91 Å². The minimum absolute atomic E-state index is 0.0421. The Kier molecular flexibility index (Phi) is 6.24. The molecule has 2 aromatic heterocycles. The van der Waals surface area contributed by atoms with Crippen LogP contribution in [0.3, 0.4) is 0 Å². The van der Waals surface area contributed by atoms with Crippen molar-refractivity contribution in [1.82, 2.24) is 14.5 Å². The van der Waals surface area contributed by atoms with Crippen LogP contribution in [0.1, 0.15) is 61.6 Å². The number of rotatable bonds is 6. The maximum absolute atomic E-state index is 12.2. The van der Waals surface area contributed by atoms with Gasteiger partial charge >= 0.3 is 0 Å². The molecule has 6 nitrogen and oxygen atoms in total. The Hall–Kier alpha value is -2.86. The van der Waals surface area contributed by atoms with Gasteiger partial charge in [0, 0.05) is 48.2 Å². The van der Waals surface area contributed by atoms with Gasteiger partial charge in [-0.15, -0.1) is 0 Å². The largest absolute Gasteiger partial charge is 0.370 e. The van der Waals surface area contributed by atoms with E-state index in [1.807, 2.05) is 26.2 Å². The highest BCUT2D eigenvalue weighted by Crippen LogP contribution is 2.38. The molecule has 0 atom stereocenters. The number of aromatic nitrogens is 2. The van der Waals surface area contributed by atoms with Gasteiger partial charge in [-0.25, -0.2) is 0 Å². The summed E-state index contributed by atoms with van der Waals surface area (Å²) in [5.74, 6) is 0.653. The zero-order valence-electron chi connectivity index (χ0n) is 19.6. The Morgan fingerprint density at radius 2 is 1.94 bits per heavy atom. The number of pyridine rings is 1. The van der Waals surface area contributed by atoms with E-state index in [-0.39, 0.29) is 11.5 Å². The fraction of sp³-hybridized carbons (Fsp3) is 0.462. The zero-order valence-corrected chi connectivity index (χ0v) is 19.6. The summed E-state index contributed by atoms with van der Waals surface area (Å²) >= 11 is 0. The number of benzene rings is 1. The van der Waals surface area contributed by atoms with Gasteiger partial charge in [0.15, 0.2) is 0 Å². The molecular weight excluding hydrogens is 400 g/mol. The van der Waals surface area contributed by atoms with E-state index in [1.165, 1.54) is 16.5 Å². The average molecular weight is 435 g/mol. The predicted molar refractivity (Wildman–Crippen MR) is 130 cm³/mol. The summed E-state index contributed by atoms with van der Waals surface area (Å²) in [6.45, 7) is 9.09. The minimum atomic E-state index is -0.226. The molecule has 0 bridgehead atoms. The number of hydrogen-bond donors (Lipinski definition) is 2. The molecule has 3 aromatic rings. The van der Waals surface area contributed by atoms with Gasteiger partial charge in [-0.3, -0.25) is 9.59 Å². The molecule has 1 aromatic carbocycles. The second-order valence-corrected chi connectivity index (χ2v) is 9.53. The first-order valence-corrected chi connectivity index (χ1v) is 11.6. The third-order valence-corrected chi connectivity index (χ3v) is 6.82. The van der Waals surface area contributed by atoms with E-state index in [9.17, 15) is 9.59 Å². The van der Waals surface area contributed by atoms with Gasteiger partial charge < -0.3 is 20.2 Å². The number of aryl methyl sites for hydroxylation is 2. The van der Waals surface area contributed by atoms with Gasteiger partial charge in [-0.1, -0.05) is 19.9 Å². The molecule has 3 heterocycles. The normalized spacial score (nSPS) is 15.7. The van der Waals surface area contributed by atoms with E-state index in [2.05, 4.69) is 41.9 Å². The molecule has 1 saturated heterocycles. The lowest BCUT2D eigenvalue weighted by Crippen LogP contribution is -2.35. The second kappa shape index (κ2) is 8.94. The fourth-order valence-corrected chi connectivity index (χ4v) is 5.08. The monoisotopic (exact) mass is 434 g/mol.